The van der Waals surface area contributed by atoms with Crippen LogP contribution < -0.4 is 21.3 Å². The third-order valence-corrected chi connectivity index (χ3v) is 5.67. The molecule has 1 saturated heterocycles. The first-order chi connectivity index (χ1) is 14.5. The molecule has 1 aliphatic rings. The van der Waals surface area contributed by atoms with Crippen LogP contribution in [0.15, 0.2) is 34.2 Å². The monoisotopic (exact) mass is 431 g/mol. The highest BCUT2D eigenvalue weighted by Gasteiger charge is 2.18. The number of hydrogen-bond donors (Lipinski definition) is 3. The molecule has 0 saturated carbocycles. The zero-order valence-electron chi connectivity index (χ0n) is 16.8. The number of nitrogens with zero attached hydrogens (tertiary/aromatic N) is 2. The minimum absolute atomic E-state index is 0.0139. The van der Waals surface area contributed by atoms with Crippen molar-refractivity contribution in [3.63, 3.8) is 0 Å². The Kier molecular flexibility index (Phi) is 7.34. The fourth-order valence-electron chi connectivity index (χ4n) is 3.13. The van der Waals surface area contributed by atoms with Crippen LogP contribution in [0.5, 0.6) is 5.75 Å². The summed E-state index contributed by atoms with van der Waals surface area (Å²) in [6, 6.07) is 6.43. The van der Waals surface area contributed by atoms with Crippen LogP contribution in [-0.4, -0.2) is 52.6 Å². The Morgan fingerprint density at radius 1 is 1.20 bits per heavy atom. The van der Waals surface area contributed by atoms with E-state index in [1.165, 1.54) is 7.11 Å². The fourth-order valence-corrected chi connectivity index (χ4v) is 3.90. The van der Waals surface area contributed by atoms with Crippen LogP contribution in [-0.2, 0) is 4.79 Å². The molecule has 0 atom stereocenters. The van der Waals surface area contributed by atoms with E-state index in [2.05, 4.69) is 15.3 Å². The van der Waals surface area contributed by atoms with Crippen molar-refractivity contribution in [3.8, 4) is 5.75 Å². The number of carbonyl (C=O) groups is 2. The molecule has 0 unspecified atom stereocenters. The summed E-state index contributed by atoms with van der Waals surface area (Å²) in [6.07, 6.45) is 4.32. The minimum Gasteiger partial charge on any atom is -0.497 e. The van der Waals surface area contributed by atoms with Crippen LogP contribution in [0.1, 0.15) is 36.0 Å². The Morgan fingerprint density at radius 3 is 2.47 bits per heavy atom. The standard InChI is InChI=1S/C20H25N5O4S/c1-29-14-8-6-13(7-9-14)18(27)22-16-17(21)23-20(24-19(16)28)30-12-15(26)25-10-4-2-3-5-11-25/h6-9H,2-5,10-12H2,1H3,(H,22,27)(H3,21,23,24,28). The van der Waals surface area contributed by atoms with Crippen LogP contribution in [0.25, 0.3) is 0 Å². The predicted molar refractivity (Wildman–Crippen MR) is 116 cm³/mol. The Labute approximate surface area is 178 Å². The van der Waals surface area contributed by atoms with Gasteiger partial charge in [-0.15, -0.1) is 0 Å². The molecule has 4 N–H and O–H groups in total. The van der Waals surface area contributed by atoms with Crippen molar-refractivity contribution in [3.05, 3.63) is 40.2 Å². The number of anilines is 2. The molecule has 1 aromatic heterocycles. The lowest BCUT2D eigenvalue weighted by Gasteiger charge is -2.19. The Balaban J connectivity index is 1.63. The molecule has 1 aromatic carbocycles. The molecule has 3 rings (SSSR count). The highest BCUT2D eigenvalue weighted by molar-refractivity contribution is 7.99. The fraction of sp³-hybridized carbons (Fsp3) is 0.400. The summed E-state index contributed by atoms with van der Waals surface area (Å²) in [7, 11) is 1.53. The maximum absolute atomic E-state index is 12.4. The summed E-state index contributed by atoms with van der Waals surface area (Å²) in [5.74, 6) is 0.195. The number of nitrogens with two attached hydrogens (primary N) is 1. The molecule has 0 aliphatic carbocycles. The lowest BCUT2D eigenvalue weighted by Crippen LogP contribution is -2.33. The number of nitrogens with one attached hydrogen (secondary N) is 2. The SMILES string of the molecule is COc1ccc(C(=O)Nc2c(N)nc(SCC(=O)N3CCCCCC3)[nH]c2=O)cc1. The average Bonchev–Trinajstić information content (AvgIpc) is 3.04. The molecular weight excluding hydrogens is 406 g/mol. The van der Waals surface area contributed by atoms with Gasteiger partial charge in [-0.25, -0.2) is 4.98 Å². The molecule has 160 valence electrons. The molecule has 2 aromatic rings. The van der Waals surface area contributed by atoms with Gasteiger partial charge in [0.1, 0.15) is 11.4 Å². The number of amides is 2. The van der Waals surface area contributed by atoms with E-state index >= 15 is 0 Å². The van der Waals surface area contributed by atoms with Gasteiger partial charge >= 0.3 is 0 Å². The normalized spacial score (nSPS) is 14.1. The molecule has 0 bridgehead atoms. The van der Waals surface area contributed by atoms with Crippen LogP contribution in [0, 0.1) is 0 Å². The maximum Gasteiger partial charge on any atom is 0.277 e. The lowest BCUT2D eigenvalue weighted by atomic mass is 10.2. The largest absolute Gasteiger partial charge is 0.497 e. The van der Waals surface area contributed by atoms with E-state index in [-0.39, 0.29) is 28.3 Å². The first-order valence-corrected chi connectivity index (χ1v) is 10.7. The predicted octanol–water partition coefficient (Wildman–Crippen LogP) is 2.11. The Morgan fingerprint density at radius 2 is 1.87 bits per heavy atom. The second-order valence-corrected chi connectivity index (χ2v) is 7.86. The first-order valence-electron chi connectivity index (χ1n) is 9.73. The summed E-state index contributed by atoms with van der Waals surface area (Å²) >= 11 is 1.12. The molecule has 0 spiro atoms. The number of likely N-dealkylation sites (tertiary alicyclic amines) is 1. The zero-order valence-corrected chi connectivity index (χ0v) is 17.6. The highest BCUT2D eigenvalue weighted by atomic mass is 32.2. The van der Waals surface area contributed by atoms with Gasteiger partial charge in [-0.1, -0.05) is 24.6 Å². The quantitative estimate of drug-likeness (QED) is 0.472. The molecule has 9 nitrogen and oxygen atoms in total. The average molecular weight is 432 g/mol. The first kappa shape index (κ1) is 21.7. The number of hydrogen-bond acceptors (Lipinski definition) is 7. The van der Waals surface area contributed by atoms with Crippen molar-refractivity contribution < 1.29 is 14.3 Å². The number of aromatic amines is 1. The van der Waals surface area contributed by atoms with Crippen molar-refractivity contribution >= 4 is 35.1 Å². The second kappa shape index (κ2) is 10.1. The van der Waals surface area contributed by atoms with Crippen LogP contribution in [0.3, 0.4) is 0 Å². The van der Waals surface area contributed by atoms with Gasteiger partial charge in [0.15, 0.2) is 11.0 Å². The number of thioether (sulfide) groups is 1. The summed E-state index contributed by atoms with van der Waals surface area (Å²) in [6.45, 7) is 1.53. The van der Waals surface area contributed by atoms with Crippen molar-refractivity contribution in [1.82, 2.24) is 14.9 Å². The van der Waals surface area contributed by atoms with Gasteiger partial charge in [-0.2, -0.15) is 0 Å². The molecule has 10 heteroatoms. The van der Waals surface area contributed by atoms with Gasteiger partial charge in [0.05, 0.1) is 12.9 Å². The molecule has 2 amide bonds. The molecular formula is C20H25N5O4S. The molecule has 2 heterocycles. The highest BCUT2D eigenvalue weighted by Crippen LogP contribution is 2.19. The van der Waals surface area contributed by atoms with Crippen molar-refractivity contribution in [2.45, 2.75) is 30.8 Å². The van der Waals surface area contributed by atoms with E-state index < -0.39 is 11.5 Å². The van der Waals surface area contributed by atoms with Crippen LogP contribution >= 0.6 is 11.8 Å². The van der Waals surface area contributed by atoms with E-state index in [9.17, 15) is 14.4 Å². The number of benzene rings is 1. The number of carbonyl (C=O) groups excluding carboxylic acids is 2. The van der Waals surface area contributed by atoms with E-state index in [0.717, 1.165) is 50.5 Å². The van der Waals surface area contributed by atoms with E-state index in [0.29, 0.717) is 11.3 Å². The van der Waals surface area contributed by atoms with Gasteiger partial charge < -0.3 is 20.7 Å². The van der Waals surface area contributed by atoms with Crippen LogP contribution in [0.4, 0.5) is 11.5 Å². The van der Waals surface area contributed by atoms with Crippen molar-refractivity contribution in [2.75, 3.05) is 37.0 Å². The second-order valence-electron chi connectivity index (χ2n) is 6.90. The number of aromatic nitrogens is 2. The van der Waals surface area contributed by atoms with Gasteiger partial charge in [0, 0.05) is 18.7 Å². The number of rotatable bonds is 6. The number of ether oxygens (including phenoxy) is 1. The summed E-state index contributed by atoms with van der Waals surface area (Å²) in [4.78, 5) is 45.7. The van der Waals surface area contributed by atoms with Gasteiger partial charge in [-0.3, -0.25) is 19.4 Å². The van der Waals surface area contributed by atoms with E-state index in [1.807, 2.05) is 4.90 Å². The summed E-state index contributed by atoms with van der Waals surface area (Å²) < 4.78 is 5.06. The maximum atomic E-state index is 12.4. The zero-order chi connectivity index (χ0) is 21.5. The van der Waals surface area contributed by atoms with E-state index in [1.54, 1.807) is 24.3 Å². The molecule has 0 radical (unpaired) electrons. The Bertz CT molecular complexity index is 953. The summed E-state index contributed by atoms with van der Waals surface area (Å²) in [5, 5.41) is 2.73. The topological polar surface area (TPSA) is 130 Å². The van der Waals surface area contributed by atoms with Gasteiger partial charge in [0.25, 0.3) is 11.5 Å². The van der Waals surface area contributed by atoms with Gasteiger partial charge in [-0.05, 0) is 37.1 Å². The molecule has 30 heavy (non-hydrogen) atoms. The summed E-state index contributed by atoms with van der Waals surface area (Å²) in [5.41, 5.74) is 5.53. The van der Waals surface area contributed by atoms with Crippen molar-refractivity contribution in [1.29, 1.82) is 0 Å². The Hall–Kier alpha value is -3.01. The third kappa shape index (κ3) is 5.53. The number of nitrogen functional groups attached to an aromatic ring is 1. The lowest BCUT2D eigenvalue weighted by molar-refractivity contribution is -0.128. The third-order valence-electron chi connectivity index (χ3n) is 4.81. The number of methoxy groups -OCH3 is 1. The van der Waals surface area contributed by atoms with E-state index in [4.69, 9.17) is 10.5 Å². The minimum atomic E-state index is -0.575. The smallest absolute Gasteiger partial charge is 0.277 e. The van der Waals surface area contributed by atoms with Crippen molar-refractivity contribution in [2.24, 2.45) is 0 Å². The van der Waals surface area contributed by atoms with Gasteiger partial charge in [0.2, 0.25) is 5.91 Å². The van der Waals surface area contributed by atoms with Crippen LogP contribution in [0.2, 0.25) is 0 Å². The molecule has 1 fully saturated rings. The number of H-pyrrole nitrogens is 1. The molecule has 1 aliphatic heterocycles.